The first-order valence-electron chi connectivity index (χ1n) is 8.24. The van der Waals surface area contributed by atoms with Crippen molar-refractivity contribution < 1.29 is 0 Å². The number of hydrogen-bond donors (Lipinski definition) is 0. The Morgan fingerprint density at radius 2 is 1.50 bits per heavy atom. The third kappa shape index (κ3) is 6.27. The van der Waals surface area contributed by atoms with Gasteiger partial charge in [0.25, 0.3) is 0 Å². The largest absolute Gasteiger partial charge is 0.370 e. The molecule has 1 nitrogen and oxygen atoms in total. The summed E-state index contributed by atoms with van der Waals surface area (Å²) in [6.07, 6.45) is 11.0. The Balaban J connectivity index is 2.83. The molecule has 0 aliphatic carbocycles. The van der Waals surface area contributed by atoms with E-state index in [2.05, 4.69) is 62.2 Å². The lowest BCUT2D eigenvalue weighted by Crippen LogP contribution is -2.21. The molecule has 0 atom stereocenters. The minimum atomic E-state index is 1.11. The summed E-state index contributed by atoms with van der Waals surface area (Å²) in [5, 5.41) is 0. The summed E-state index contributed by atoms with van der Waals surface area (Å²) in [5.41, 5.74) is 2.69. The smallest absolute Gasteiger partial charge is 0.0645 e. The van der Waals surface area contributed by atoms with Gasteiger partial charge in [0.05, 0.1) is 6.20 Å². The summed E-state index contributed by atoms with van der Waals surface area (Å²) < 4.78 is 0. The maximum absolute atomic E-state index is 3.69. The maximum Gasteiger partial charge on any atom is 0.0645 e. The minimum absolute atomic E-state index is 1.11. The van der Waals surface area contributed by atoms with Crippen LogP contribution in [0.5, 0.6) is 0 Å². The molecule has 0 N–H and O–H groups in total. The predicted molar refractivity (Wildman–Crippen MR) is 89.4 cm³/mol. The average molecular weight is 272 g/mol. The molecule has 1 aromatic rings. The van der Waals surface area contributed by atoms with Gasteiger partial charge in [-0.15, -0.1) is 0 Å². The first-order valence-corrected chi connectivity index (χ1v) is 8.24. The van der Waals surface area contributed by atoms with Crippen molar-refractivity contribution in [3.05, 3.63) is 42.1 Å². The molecule has 0 saturated heterocycles. The molecule has 0 amide bonds. The van der Waals surface area contributed by atoms with Crippen molar-refractivity contribution in [1.82, 2.24) is 4.90 Å². The van der Waals surface area contributed by atoms with Crippen LogP contribution in [-0.4, -0.2) is 18.0 Å². The van der Waals surface area contributed by atoms with Crippen LogP contribution in [0, 0.1) is 6.20 Å². The molecular formula is C19H30N. The topological polar surface area (TPSA) is 3.24 Å². The fourth-order valence-corrected chi connectivity index (χ4v) is 2.27. The predicted octanol–water partition coefficient (Wildman–Crippen LogP) is 5.53. The zero-order valence-corrected chi connectivity index (χ0v) is 13.5. The molecule has 0 aliphatic rings. The molecular weight excluding hydrogens is 242 g/mol. The molecule has 0 spiro atoms. The molecule has 0 fully saturated rings. The van der Waals surface area contributed by atoms with Gasteiger partial charge in [-0.25, -0.2) is 0 Å². The van der Waals surface area contributed by atoms with Crippen molar-refractivity contribution in [2.45, 2.75) is 59.3 Å². The van der Waals surface area contributed by atoms with E-state index in [9.17, 15) is 0 Å². The number of hydrogen-bond acceptors (Lipinski definition) is 1. The van der Waals surface area contributed by atoms with Gasteiger partial charge in [-0.05, 0) is 30.4 Å². The lowest BCUT2D eigenvalue weighted by molar-refractivity contribution is 0.345. The van der Waals surface area contributed by atoms with Crippen LogP contribution >= 0.6 is 0 Å². The molecule has 0 unspecified atom stereocenters. The average Bonchev–Trinajstić information content (AvgIpc) is 2.50. The highest BCUT2D eigenvalue weighted by molar-refractivity contribution is 5.63. The summed E-state index contributed by atoms with van der Waals surface area (Å²) in [5.74, 6) is 0. The molecule has 1 heteroatoms. The van der Waals surface area contributed by atoms with Gasteiger partial charge in [0.1, 0.15) is 0 Å². The summed E-state index contributed by atoms with van der Waals surface area (Å²) in [6, 6.07) is 10.7. The van der Waals surface area contributed by atoms with Crippen molar-refractivity contribution in [2.24, 2.45) is 0 Å². The molecule has 1 radical (unpaired) electrons. The summed E-state index contributed by atoms with van der Waals surface area (Å²) in [6.45, 7) is 9.03. The van der Waals surface area contributed by atoms with E-state index in [-0.39, 0.29) is 0 Å². The molecule has 20 heavy (non-hydrogen) atoms. The van der Waals surface area contributed by atoms with Crippen molar-refractivity contribution in [1.29, 1.82) is 0 Å². The molecule has 0 bridgehead atoms. The van der Waals surface area contributed by atoms with E-state index >= 15 is 0 Å². The Bertz CT molecular complexity index is 359. The van der Waals surface area contributed by atoms with E-state index in [4.69, 9.17) is 0 Å². The zero-order chi connectivity index (χ0) is 14.6. The Kier molecular flexibility index (Phi) is 8.86. The minimum Gasteiger partial charge on any atom is -0.370 e. The number of rotatable bonds is 10. The van der Waals surface area contributed by atoms with Gasteiger partial charge in [0.15, 0.2) is 0 Å². The van der Waals surface area contributed by atoms with E-state index < -0.39 is 0 Å². The van der Waals surface area contributed by atoms with E-state index in [1.165, 1.54) is 43.2 Å². The van der Waals surface area contributed by atoms with Crippen LogP contribution in [0.2, 0.25) is 0 Å². The Morgan fingerprint density at radius 1 is 0.900 bits per heavy atom. The molecule has 1 rings (SSSR count). The molecule has 1 aromatic carbocycles. The van der Waals surface area contributed by atoms with Crippen LogP contribution < -0.4 is 0 Å². The lowest BCUT2D eigenvalue weighted by atomic mass is 10.0. The third-order valence-electron chi connectivity index (χ3n) is 3.48. The van der Waals surface area contributed by atoms with E-state index in [1.54, 1.807) is 0 Å². The highest BCUT2D eigenvalue weighted by Crippen LogP contribution is 2.20. The van der Waals surface area contributed by atoms with Gasteiger partial charge in [0.2, 0.25) is 0 Å². The SMILES string of the molecule is CCCCN(/[C]=C(/CCC)c1ccccc1)CCCC. The fraction of sp³-hybridized carbons (Fsp3) is 0.579. The molecule has 0 aliphatic heterocycles. The molecule has 0 heterocycles. The third-order valence-corrected chi connectivity index (χ3v) is 3.48. The maximum atomic E-state index is 3.69. The highest BCUT2D eigenvalue weighted by atomic mass is 15.1. The first-order chi connectivity index (χ1) is 9.81. The van der Waals surface area contributed by atoms with Crippen molar-refractivity contribution in [3.63, 3.8) is 0 Å². The number of benzene rings is 1. The van der Waals surface area contributed by atoms with Gasteiger partial charge in [0, 0.05) is 13.1 Å². The van der Waals surface area contributed by atoms with Gasteiger partial charge in [-0.1, -0.05) is 70.4 Å². The van der Waals surface area contributed by atoms with Crippen LogP contribution in [0.4, 0.5) is 0 Å². The van der Waals surface area contributed by atoms with E-state index in [1.807, 2.05) is 0 Å². The van der Waals surface area contributed by atoms with Crippen molar-refractivity contribution >= 4 is 5.57 Å². The second-order valence-electron chi connectivity index (χ2n) is 5.40. The second kappa shape index (κ2) is 10.5. The van der Waals surface area contributed by atoms with Gasteiger partial charge in [-0.2, -0.15) is 0 Å². The monoisotopic (exact) mass is 272 g/mol. The van der Waals surface area contributed by atoms with Crippen LogP contribution in [-0.2, 0) is 0 Å². The number of nitrogens with zero attached hydrogens (tertiary/aromatic N) is 1. The standard InChI is InChI=1S/C19H30N/c1-4-7-15-20(16-8-5-2)17-19(12-6-3)18-13-10-9-11-14-18/h9-11,13-14H,4-8,12,15-16H2,1-3H3. The van der Waals surface area contributed by atoms with Gasteiger partial charge < -0.3 is 4.90 Å². The van der Waals surface area contributed by atoms with Crippen LogP contribution in [0.25, 0.3) is 5.57 Å². The Hall–Kier alpha value is -1.24. The summed E-state index contributed by atoms with van der Waals surface area (Å²) >= 11 is 0. The second-order valence-corrected chi connectivity index (χ2v) is 5.40. The number of unbranched alkanes of at least 4 members (excludes halogenated alkanes) is 2. The Morgan fingerprint density at radius 3 is 2.00 bits per heavy atom. The fourth-order valence-electron chi connectivity index (χ4n) is 2.27. The van der Waals surface area contributed by atoms with Gasteiger partial charge in [-0.3, -0.25) is 0 Å². The molecule has 0 aromatic heterocycles. The summed E-state index contributed by atoms with van der Waals surface area (Å²) in [7, 11) is 0. The summed E-state index contributed by atoms with van der Waals surface area (Å²) in [4.78, 5) is 2.41. The first kappa shape index (κ1) is 16.8. The quantitative estimate of drug-likeness (QED) is 0.506. The normalized spacial score (nSPS) is 11.7. The van der Waals surface area contributed by atoms with Crippen LogP contribution in [0.15, 0.2) is 30.3 Å². The highest BCUT2D eigenvalue weighted by Gasteiger charge is 2.05. The Labute approximate surface area is 125 Å². The lowest BCUT2D eigenvalue weighted by Gasteiger charge is -2.21. The van der Waals surface area contributed by atoms with E-state index in [0.29, 0.717) is 0 Å². The van der Waals surface area contributed by atoms with E-state index in [0.717, 1.165) is 19.5 Å². The molecule has 111 valence electrons. The zero-order valence-electron chi connectivity index (χ0n) is 13.5. The number of allylic oxidation sites excluding steroid dienone is 1. The molecule has 0 saturated carbocycles. The van der Waals surface area contributed by atoms with Crippen LogP contribution in [0.3, 0.4) is 0 Å². The van der Waals surface area contributed by atoms with Crippen LogP contribution in [0.1, 0.15) is 64.9 Å². The van der Waals surface area contributed by atoms with Crippen molar-refractivity contribution in [2.75, 3.05) is 13.1 Å². The van der Waals surface area contributed by atoms with Crippen molar-refractivity contribution in [3.8, 4) is 0 Å². The van der Waals surface area contributed by atoms with Gasteiger partial charge >= 0.3 is 0 Å².